The van der Waals surface area contributed by atoms with E-state index in [0.717, 1.165) is 0 Å². The van der Waals surface area contributed by atoms with Crippen molar-refractivity contribution >= 4 is 16.8 Å². The molecule has 0 aliphatic carbocycles. The highest BCUT2D eigenvalue weighted by molar-refractivity contribution is 5.79. The summed E-state index contributed by atoms with van der Waals surface area (Å²) in [5.74, 6) is -0.257. The Labute approximate surface area is 95.7 Å². The highest BCUT2D eigenvalue weighted by atomic mass is 16.1. The number of primary amides is 1. The van der Waals surface area contributed by atoms with Crippen LogP contribution in [0.5, 0.6) is 0 Å². The first-order valence-corrected chi connectivity index (χ1v) is 5.23. The summed E-state index contributed by atoms with van der Waals surface area (Å²) in [4.78, 5) is 13.4. The van der Waals surface area contributed by atoms with Gasteiger partial charge in [-0.25, -0.2) is 0 Å². The number of amides is 1. The molecule has 86 valence electrons. The van der Waals surface area contributed by atoms with Gasteiger partial charge in [-0.15, -0.1) is 0 Å². The average Bonchev–Trinajstić information content (AvgIpc) is 2.64. The molecule has 16 heavy (non-hydrogen) atoms. The number of carbonyl (C=O) groups excluding carboxylic acids is 1. The molecule has 0 aliphatic heterocycles. The van der Waals surface area contributed by atoms with Gasteiger partial charge in [-0.05, 0) is 17.5 Å². The molecule has 0 radical (unpaired) electrons. The summed E-state index contributed by atoms with van der Waals surface area (Å²) >= 11 is 0. The molecule has 0 unspecified atom stereocenters. The molecule has 2 rings (SSSR count). The number of fused-ring (bicyclic) bond motifs is 1. The summed E-state index contributed by atoms with van der Waals surface area (Å²) in [6.45, 7) is 5.36. The smallest absolute Gasteiger partial charge is 0.222 e. The molecule has 0 saturated carbocycles. The van der Waals surface area contributed by atoms with Crippen molar-refractivity contribution in [3.63, 3.8) is 0 Å². The molecule has 1 aromatic carbocycles. The van der Waals surface area contributed by atoms with Crippen LogP contribution in [0.3, 0.4) is 0 Å². The van der Waals surface area contributed by atoms with Gasteiger partial charge in [0.05, 0.1) is 0 Å². The van der Waals surface area contributed by atoms with Gasteiger partial charge in [0.25, 0.3) is 0 Å². The van der Waals surface area contributed by atoms with Gasteiger partial charge < -0.3 is 10.7 Å². The zero-order chi connectivity index (χ0) is 12.2. The molecule has 0 spiro atoms. The van der Waals surface area contributed by atoms with Gasteiger partial charge >= 0.3 is 0 Å². The number of rotatable bonds is 0. The molecule has 0 aliphatic rings. The maximum Gasteiger partial charge on any atom is 0.222 e. The lowest BCUT2D eigenvalue weighted by molar-refractivity contribution is -0.125. The summed E-state index contributed by atoms with van der Waals surface area (Å²) in [5.41, 5.74) is 5.78. The number of aromatic amines is 1. The van der Waals surface area contributed by atoms with E-state index >= 15 is 0 Å². The first kappa shape index (κ1) is 12.3. The number of nitrogens with two attached hydrogens (primary N) is 1. The van der Waals surface area contributed by atoms with Crippen LogP contribution < -0.4 is 5.73 Å². The molecule has 0 atom stereocenters. The third-order valence-electron chi connectivity index (χ3n) is 2.20. The molecular formula is C13H18N2O. The Kier molecular flexibility index (Phi) is 3.72. The van der Waals surface area contributed by atoms with E-state index in [-0.39, 0.29) is 11.3 Å². The fourth-order valence-corrected chi connectivity index (χ4v) is 0.995. The quantitative estimate of drug-likeness (QED) is 0.701. The van der Waals surface area contributed by atoms with E-state index < -0.39 is 0 Å². The number of aromatic nitrogens is 1. The lowest BCUT2D eigenvalue weighted by Crippen LogP contribution is -2.27. The van der Waals surface area contributed by atoms with Gasteiger partial charge in [0.1, 0.15) is 0 Å². The molecular weight excluding hydrogens is 200 g/mol. The highest BCUT2D eigenvalue weighted by Crippen LogP contribution is 2.10. The molecule has 3 N–H and O–H groups in total. The van der Waals surface area contributed by atoms with Crippen molar-refractivity contribution in [2.75, 3.05) is 0 Å². The summed E-state index contributed by atoms with van der Waals surface area (Å²) in [5, 5.41) is 1.28. The van der Waals surface area contributed by atoms with Crippen LogP contribution in [0.2, 0.25) is 0 Å². The minimum absolute atomic E-state index is 0.257. The Morgan fingerprint density at radius 1 is 1.19 bits per heavy atom. The second kappa shape index (κ2) is 4.84. The highest BCUT2D eigenvalue weighted by Gasteiger charge is 2.16. The summed E-state index contributed by atoms with van der Waals surface area (Å²) in [6, 6.07) is 10.3. The zero-order valence-electron chi connectivity index (χ0n) is 9.95. The topological polar surface area (TPSA) is 58.9 Å². The van der Waals surface area contributed by atoms with Crippen molar-refractivity contribution in [3.8, 4) is 0 Å². The van der Waals surface area contributed by atoms with E-state index in [9.17, 15) is 4.79 Å². The molecule has 3 nitrogen and oxygen atoms in total. The predicted octanol–water partition coefficient (Wildman–Crippen LogP) is 2.69. The van der Waals surface area contributed by atoms with Crippen molar-refractivity contribution < 1.29 is 4.79 Å². The Morgan fingerprint density at radius 2 is 1.75 bits per heavy atom. The van der Waals surface area contributed by atoms with E-state index in [4.69, 9.17) is 5.73 Å². The summed E-state index contributed by atoms with van der Waals surface area (Å²) in [7, 11) is 0. The Hall–Kier alpha value is -1.77. The van der Waals surface area contributed by atoms with Crippen LogP contribution in [0.25, 0.3) is 10.9 Å². The van der Waals surface area contributed by atoms with Crippen molar-refractivity contribution in [3.05, 3.63) is 36.5 Å². The van der Waals surface area contributed by atoms with E-state index in [1.807, 2.05) is 18.3 Å². The number of hydrogen-bond acceptors (Lipinski definition) is 1. The van der Waals surface area contributed by atoms with E-state index in [1.54, 1.807) is 20.8 Å². The van der Waals surface area contributed by atoms with Crippen molar-refractivity contribution in [1.82, 2.24) is 4.98 Å². The first-order valence-electron chi connectivity index (χ1n) is 5.23. The van der Waals surface area contributed by atoms with Gasteiger partial charge in [0, 0.05) is 17.1 Å². The van der Waals surface area contributed by atoms with Crippen LogP contribution >= 0.6 is 0 Å². The van der Waals surface area contributed by atoms with Crippen LogP contribution in [0.15, 0.2) is 36.5 Å². The fourth-order valence-electron chi connectivity index (χ4n) is 0.995. The van der Waals surface area contributed by atoms with E-state index in [1.165, 1.54) is 10.9 Å². The minimum Gasteiger partial charge on any atom is -0.369 e. The Bertz CT molecular complexity index is 436. The monoisotopic (exact) mass is 218 g/mol. The zero-order valence-corrected chi connectivity index (χ0v) is 9.95. The van der Waals surface area contributed by atoms with Gasteiger partial charge in [-0.2, -0.15) is 0 Å². The minimum atomic E-state index is -0.361. The number of para-hydroxylation sites is 1. The largest absolute Gasteiger partial charge is 0.369 e. The Morgan fingerprint density at radius 3 is 2.25 bits per heavy atom. The lowest BCUT2D eigenvalue weighted by Gasteiger charge is -2.10. The van der Waals surface area contributed by atoms with Gasteiger partial charge in [0.15, 0.2) is 0 Å². The summed E-state index contributed by atoms with van der Waals surface area (Å²) < 4.78 is 0. The molecule has 1 aromatic heterocycles. The van der Waals surface area contributed by atoms with Crippen LogP contribution in [0.1, 0.15) is 20.8 Å². The maximum absolute atomic E-state index is 10.2. The number of benzene rings is 1. The number of H-pyrrole nitrogens is 1. The van der Waals surface area contributed by atoms with Crippen molar-refractivity contribution in [2.45, 2.75) is 20.8 Å². The second-order valence-electron chi connectivity index (χ2n) is 4.68. The normalized spacial score (nSPS) is 10.7. The number of hydrogen-bond donors (Lipinski definition) is 2. The molecule has 3 heteroatoms. The van der Waals surface area contributed by atoms with Crippen LogP contribution in [-0.4, -0.2) is 10.9 Å². The molecule has 1 amide bonds. The molecule has 1 heterocycles. The molecule has 0 fully saturated rings. The number of nitrogens with one attached hydrogen (secondary N) is 1. The molecule has 2 aromatic rings. The maximum atomic E-state index is 10.2. The fraction of sp³-hybridized carbons (Fsp3) is 0.308. The van der Waals surface area contributed by atoms with Crippen LogP contribution in [0, 0.1) is 5.41 Å². The van der Waals surface area contributed by atoms with Crippen molar-refractivity contribution in [2.24, 2.45) is 11.1 Å². The van der Waals surface area contributed by atoms with Gasteiger partial charge in [-0.3, -0.25) is 4.79 Å². The van der Waals surface area contributed by atoms with Crippen molar-refractivity contribution in [1.29, 1.82) is 0 Å². The third kappa shape index (κ3) is 3.42. The SMILES string of the molecule is CC(C)(C)C(N)=O.c1ccc2[nH]ccc2c1. The van der Waals surface area contributed by atoms with Crippen LogP contribution in [-0.2, 0) is 4.79 Å². The van der Waals surface area contributed by atoms with Gasteiger partial charge in [-0.1, -0.05) is 39.0 Å². The average molecular weight is 218 g/mol. The third-order valence-corrected chi connectivity index (χ3v) is 2.20. The van der Waals surface area contributed by atoms with E-state index in [2.05, 4.69) is 23.2 Å². The predicted molar refractivity (Wildman–Crippen MR) is 66.9 cm³/mol. The molecule has 0 bridgehead atoms. The number of carbonyl (C=O) groups is 1. The first-order chi connectivity index (χ1) is 7.41. The standard InChI is InChI=1S/C8H7N.C5H11NO/c1-2-4-8-7(3-1)5-6-9-8;1-5(2,3)4(6)7/h1-6,9H;1-3H3,(H2,6,7). The van der Waals surface area contributed by atoms with Gasteiger partial charge in [0.2, 0.25) is 5.91 Å². The lowest BCUT2D eigenvalue weighted by atomic mass is 9.96. The Balaban J connectivity index is 0.000000168. The molecule has 0 saturated heterocycles. The second-order valence-corrected chi connectivity index (χ2v) is 4.68. The van der Waals surface area contributed by atoms with Crippen LogP contribution in [0.4, 0.5) is 0 Å². The summed E-state index contributed by atoms with van der Waals surface area (Å²) in [6.07, 6.45) is 1.95. The van der Waals surface area contributed by atoms with E-state index in [0.29, 0.717) is 0 Å².